The number of carbonyl (C=O) groups is 1. The maximum Gasteiger partial charge on any atom is 0.268 e. The Morgan fingerprint density at radius 3 is 2.95 bits per heavy atom. The van der Waals surface area contributed by atoms with Crippen molar-refractivity contribution in [1.29, 1.82) is 0 Å². The molecule has 1 aliphatic rings. The first-order valence-corrected chi connectivity index (χ1v) is 7.80. The number of aromatic nitrogens is 1. The standard InChI is InChI=1S/C13H22N4O3S/c1-4-16(3)13-15-11(14)10(21-13)12(19)17-5-8(2)20-9(6-17)7-18/h8-9,18H,4-7,14H2,1-3H3. The molecule has 0 spiro atoms. The van der Waals surface area contributed by atoms with Crippen molar-refractivity contribution in [1.82, 2.24) is 9.88 Å². The van der Waals surface area contributed by atoms with Gasteiger partial charge in [0.1, 0.15) is 10.7 Å². The van der Waals surface area contributed by atoms with Gasteiger partial charge in [0, 0.05) is 26.7 Å². The van der Waals surface area contributed by atoms with E-state index >= 15 is 0 Å². The minimum atomic E-state index is -0.343. The molecular formula is C13H22N4O3S. The monoisotopic (exact) mass is 314 g/mol. The summed E-state index contributed by atoms with van der Waals surface area (Å²) >= 11 is 1.30. The Morgan fingerprint density at radius 2 is 2.33 bits per heavy atom. The molecule has 21 heavy (non-hydrogen) atoms. The van der Waals surface area contributed by atoms with Crippen molar-refractivity contribution in [2.75, 3.05) is 43.9 Å². The number of anilines is 2. The molecule has 1 aromatic heterocycles. The summed E-state index contributed by atoms with van der Waals surface area (Å²) in [6.07, 6.45) is -0.448. The molecule has 2 unspecified atom stereocenters. The van der Waals surface area contributed by atoms with E-state index in [2.05, 4.69) is 4.98 Å². The van der Waals surface area contributed by atoms with Crippen LogP contribution in [0.1, 0.15) is 23.5 Å². The van der Waals surface area contributed by atoms with E-state index < -0.39 is 0 Å². The van der Waals surface area contributed by atoms with E-state index in [1.54, 1.807) is 4.90 Å². The molecule has 2 atom stereocenters. The van der Waals surface area contributed by atoms with Gasteiger partial charge in [0.05, 0.1) is 18.8 Å². The second-order valence-corrected chi connectivity index (χ2v) is 6.16. The van der Waals surface area contributed by atoms with Crippen LogP contribution in [0.3, 0.4) is 0 Å². The Bertz CT molecular complexity index is 508. The van der Waals surface area contributed by atoms with Crippen LogP contribution < -0.4 is 10.6 Å². The van der Waals surface area contributed by atoms with Gasteiger partial charge in [-0.05, 0) is 13.8 Å². The summed E-state index contributed by atoms with van der Waals surface area (Å²) in [5, 5.41) is 9.97. The Morgan fingerprint density at radius 1 is 1.62 bits per heavy atom. The molecule has 118 valence electrons. The fraction of sp³-hybridized carbons (Fsp3) is 0.692. The number of thiazole rings is 1. The molecule has 3 N–H and O–H groups in total. The highest BCUT2D eigenvalue weighted by Gasteiger charge is 2.31. The first-order valence-electron chi connectivity index (χ1n) is 6.99. The van der Waals surface area contributed by atoms with Crippen molar-refractivity contribution < 1.29 is 14.6 Å². The minimum Gasteiger partial charge on any atom is -0.394 e. The van der Waals surface area contributed by atoms with Gasteiger partial charge in [-0.1, -0.05) is 11.3 Å². The zero-order valence-corrected chi connectivity index (χ0v) is 13.4. The van der Waals surface area contributed by atoms with Crippen LogP contribution in [0.5, 0.6) is 0 Å². The van der Waals surface area contributed by atoms with Crippen molar-refractivity contribution in [2.45, 2.75) is 26.1 Å². The molecule has 0 bridgehead atoms. The molecule has 2 heterocycles. The number of aliphatic hydroxyl groups is 1. The van der Waals surface area contributed by atoms with E-state index in [1.165, 1.54) is 11.3 Å². The first-order chi connectivity index (χ1) is 9.96. The molecule has 0 aliphatic carbocycles. The van der Waals surface area contributed by atoms with E-state index in [4.69, 9.17) is 10.5 Å². The van der Waals surface area contributed by atoms with Crippen molar-refractivity contribution in [3.63, 3.8) is 0 Å². The van der Waals surface area contributed by atoms with Crippen molar-refractivity contribution in [3.05, 3.63) is 4.88 Å². The molecule has 7 nitrogen and oxygen atoms in total. The zero-order valence-electron chi connectivity index (χ0n) is 12.6. The number of nitrogen functional groups attached to an aromatic ring is 1. The number of hydrogen-bond donors (Lipinski definition) is 2. The summed E-state index contributed by atoms with van der Waals surface area (Å²) < 4.78 is 5.55. The van der Waals surface area contributed by atoms with Crippen LogP contribution in [0.15, 0.2) is 0 Å². The van der Waals surface area contributed by atoms with E-state index in [0.29, 0.717) is 18.0 Å². The molecule has 1 amide bonds. The molecule has 8 heteroatoms. The fourth-order valence-corrected chi connectivity index (χ4v) is 3.21. The smallest absolute Gasteiger partial charge is 0.268 e. The predicted molar refractivity (Wildman–Crippen MR) is 82.8 cm³/mol. The summed E-state index contributed by atoms with van der Waals surface area (Å²) in [5.41, 5.74) is 5.89. The Balaban J connectivity index is 2.17. The van der Waals surface area contributed by atoms with Crippen molar-refractivity contribution >= 4 is 28.2 Å². The van der Waals surface area contributed by atoms with Crippen LogP contribution in [0.4, 0.5) is 10.9 Å². The summed E-state index contributed by atoms with van der Waals surface area (Å²) in [6.45, 7) is 5.45. The molecule has 1 saturated heterocycles. The number of morpholine rings is 1. The molecule has 0 radical (unpaired) electrons. The van der Waals surface area contributed by atoms with Gasteiger partial charge in [-0.3, -0.25) is 4.79 Å². The molecule has 0 aromatic carbocycles. The molecule has 1 fully saturated rings. The predicted octanol–water partition coefficient (Wildman–Crippen LogP) is 0.403. The van der Waals surface area contributed by atoms with Crippen LogP contribution >= 0.6 is 11.3 Å². The van der Waals surface area contributed by atoms with Crippen LogP contribution in [0.2, 0.25) is 0 Å². The van der Waals surface area contributed by atoms with E-state index in [0.717, 1.165) is 11.7 Å². The van der Waals surface area contributed by atoms with Crippen LogP contribution in [0.25, 0.3) is 0 Å². The average Bonchev–Trinajstić information content (AvgIpc) is 2.86. The third-order valence-electron chi connectivity index (χ3n) is 3.45. The van der Waals surface area contributed by atoms with Crippen molar-refractivity contribution in [2.24, 2.45) is 0 Å². The Kier molecular flexibility index (Phi) is 5.02. The summed E-state index contributed by atoms with van der Waals surface area (Å²) in [7, 11) is 1.91. The second-order valence-electron chi connectivity index (χ2n) is 5.19. The molecule has 2 rings (SSSR count). The number of rotatable bonds is 4. The lowest BCUT2D eigenvalue weighted by Crippen LogP contribution is -2.50. The van der Waals surface area contributed by atoms with Gasteiger partial charge in [-0.15, -0.1) is 0 Å². The maximum absolute atomic E-state index is 12.6. The number of ether oxygens (including phenoxy) is 1. The first kappa shape index (κ1) is 16.0. The van der Waals surface area contributed by atoms with Crippen molar-refractivity contribution in [3.8, 4) is 0 Å². The summed E-state index contributed by atoms with van der Waals surface area (Å²) in [4.78, 5) is 20.9. The van der Waals surface area contributed by atoms with Crippen LogP contribution in [0, 0.1) is 0 Å². The third-order valence-corrected chi connectivity index (χ3v) is 4.63. The molecule has 1 aliphatic heterocycles. The van der Waals surface area contributed by atoms with Gasteiger partial charge in [-0.25, -0.2) is 4.98 Å². The molecular weight excluding hydrogens is 292 g/mol. The molecule has 0 saturated carbocycles. The largest absolute Gasteiger partial charge is 0.394 e. The summed E-state index contributed by atoms with van der Waals surface area (Å²) in [5.74, 6) is 0.120. The lowest BCUT2D eigenvalue weighted by Gasteiger charge is -2.35. The Labute approximate surface area is 128 Å². The van der Waals surface area contributed by atoms with Crippen LogP contribution in [-0.4, -0.2) is 66.4 Å². The molecule has 1 aromatic rings. The quantitative estimate of drug-likeness (QED) is 0.836. The van der Waals surface area contributed by atoms with Gasteiger partial charge in [0.2, 0.25) is 0 Å². The number of nitrogens with two attached hydrogens (primary N) is 1. The highest BCUT2D eigenvalue weighted by molar-refractivity contribution is 7.18. The number of hydrogen-bond acceptors (Lipinski definition) is 7. The number of amides is 1. The van der Waals surface area contributed by atoms with E-state index in [-0.39, 0.29) is 30.5 Å². The minimum absolute atomic E-state index is 0.101. The maximum atomic E-state index is 12.6. The summed E-state index contributed by atoms with van der Waals surface area (Å²) in [6, 6.07) is 0. The van der Waals surface area contributed by atoms with Gasteiger partial charge < -0.3 is 25.4 Å². The number of nitrogens with zero attached hydrogens (tertiary/aromatic N) is 3. The van der Waals surface area contributed by atoms with Gasteiger partial charge >= 0.3 is 0 Å². The second kappa shape index (κ2) is 6.59. The van der Waals surface area contributed by atoms with Crippen LogP contribution in [-0.2, 0) is 4.74 Å². The topological polar surface area (TPSA) is 91.9 Å². The number of aliphatic hydroxyl groups excluding tert-OH is 1. The average molecular weight is 314 g/mol. The SMILES string of the molecule is CCN(C)c1nc(N)c(C(=O)N2CC(C)OC(CO)C2)s1. The Hall–Kier alpha value is -1.38. The van der Waals surface area contributed by atoms with Gasteiger partial charge in [-0.2, -0.15) is 0 Å². The highest BCUT2D eigenvalue weighted by atomic mass is 32.1. The zero-order chi connectivity index (χ0) is 15.6. The lowest BCUT2D eigenvalue weighted by molar-refractivity contribution is -0.0857. The lowest BCUT2D eigenvalue weighted by atomic mass is 10.2. The highest BCUT2D eigenvalue weighted by Crippen LogP contribution is 2.29. The van der Waals surface area contributed by atoms with Gasteiger partial charge in [0.15, 0.2) is 5.13 Å². The number of carbonyl (C=O) groups excluding carboxylic acids is 1. The fourth-order valence-electron chi connectivity index (χ4n) is 2.23. The van der Waals surface area contributed by atoms with E-state index in [9.17, 15) is 9.90 Å². The van der Waals surface area contributed by atoms with E-state index in [1.807, 2.05) is 25.8 Å². The third kappa shape index (κ3) is 3.45. The van der Waals surface area contributed by atoms with Gasteiger partial charge in [0.25, 0.3) is 5.91 Å². The normalized spacial score (nSPS) is 22.4.